The predicted octanol–water partition coefficient (Wildman–Crippen LogP) is 2.97. The number of carboxylic acids is 1. The molecule has 0 atom stereocenters. The van der Waals surface area contributed by atoms with Crippen molar-refractivity contribution in [2.75, 3.05) is 5.32 Å². The Labute approximate surface area is 120 Å². The highest BCUT2D eigenvalue weighted by Crippen LogP contribution is 2.21. The number of carbonyl (C=O) groups is 2. The van der Waals surface area contributed by atoms with Gasteiger partial charge in [-0.25, -0.2) is 9.18 Å². The molecule has 2 N–H and O–H groups in total. The van der Waals surface area contributed by atoms with Gasteiger partial charge in [0.2, 0.25) is 0 Å². The van der Waals surface area contributed by atoms with Crippen LogP contribution in [0.3, 0.4) is 0 Å². The second-order valence-corrected chi connectivity index (χ2v) is 4.64. The fraction of sp³-hybridized carbons (Fsp3) is 0. The highest BCUT2D eigenvalue weighted by atomic mass is 127. The highest BCUT2D eigenvalue weighted by molar-refractivity contribution is 14.1. The van der Waals surface area contributed by atoms with Gasteiger partial charge >= 0.3 is 5.97 Å². The molecule has 0 saturated heterocycles. The Balaban J connectivity index is 2.21. The minimum absolute atomic E-state index is 0.126. The number of rotatable bonds is 3. The third-order valence-electron chi connectivity index (χ3n) is 2.27. The van der Waals surface area contributed by atoms with Gasteiger partial charge in [0, 0.05) is 6.07 Å². The maximum absolute atomic E-state index is 13.3. The van der Waals surface area contributed by atoms with Crippen LogP contribution in [0.4, 0.5) is 10.1 Å². The fourth-order valence-electron chi connectivity index (χ4n) is 1.35. The maximum atomic E-state index is 13.3. The van der Waals surface area contributed by atoms with Crippen LogP contribution in [0.1, 0.15) is 20.9 Å². The van der Waals surface area contributed by atoms with Crippen molar-refractivity contribution in [1.29, 1.82) is 0 Å². The lowest BCUT2D eigenvalue weighted by molar-refractivity contribution is 0.0696. The van der Waals surface area contributed by atoms with Gasteiger partial charge < -0.3 is 14.8 Å². The van der Waals surface area contributed by atoms with Crippen LogP contribution >= 0.6 is 22.6 Å². The molecule has 2 aromatic rings. The van der Waals surface area contributed by atoms with Gasteiger partial charge in [-0.05, 0) is 34.7 Å². The first-order valence-corrected chi connectivity index (χ1v) is 6.14. The van der Waals surface area contributed by atoms with E-state index in [1.807, 2.05) is 0 Å². The maximum Gasteiger partial charge on any atom is 0.338 e. The van der Waals surface area contributed by atoms with Crippen molar-refractivity contribution in [3.05, 3.63) is 51.2 Å². The second-order valence-electron chi connectivity index (χ2n) is 3.56. The largest absolute Gasteiger partial charge is 0.478 e. The average Bonchev–Trinajstić information content (AvgIpc) is 2.84. The summed E-state index contributed by atoms with van der Waals surface area (Å²) in [5.41, 5.74) is 0.165. The standard InChI is InChI=1S/C12H7FINO4/c13-7-2-1-3-8(10(7)14)15-11(16)9-4-6(5-19-9)12(17)18/h1-5H,(H,15,16)(H,17,18). The molecular formula is C12H7FINO4. The molecule has 0 aliphatic rings. The smallest absolute Gasteiger partial charge is 0.338 e. The van der Waals surface area contributed by atoms with E-state index in [0.717, 1.165) is 12.3 Å². The van der Waals surface area contributed by atoms with Gasteiger partial charge in [0.05, 0.1) is 14.8 Å². The van der Waals surface area contributed by atoms with Crippen LogP contribution in [0, 0.1) is 9.39 Å². The molecule has 1 heterocycles. The highest BCUT2D eigenvalue weighted by Gasteiger charge is 2.16. The van der Waals surface area contributed by atoms with Gasteiger partial charge in [-0.1, -0.05) is 6.07 Å². The average molecular weight is 375 g/mol. The van der Waals surface area contributed by atoms with E-state index in [1.54, 1.807) is 22.6 Å². The first kappa shape index (κ1) is 13.5. The van der Waals surface area contributed by atoms with Crippen LogP contribution in [-0.2, 0) is 0 Å². The molecule has 0 aliphatic carbocycles. The molecule has 1 amide bonds. The normalized spacial score (nSPS) is 10.2. The Kier molecular flexibility index (Phi) is 3.84. The summed E-state index contributed by atoms with van der Waals surface area (Å²) in [6.45, 7) is 0. The zero-order chi connectivity index (χ0) is 14.0. The molecule has 98 valence electrons. The number of amides is 1. The minimum Gasteiger partial charge on any atom is -0.478 e. The van der Waals surface area contributed by atoms with Crippen molar-refractivity contribution >= 4 is 40.2 Å². The molecular weight excluding hydrogens is 368 g/mol. The van der Waals surface area contributed by atoms with Crippen molar-refractivity contribution in [1.82, 2.24) is 0 Å². The van der Waals surface area contributed by atoms with Crippen LogP contribution in [0.15, 0.2) is 34.9 Å². The summed E-state index contributed by atoms with van der Waals surface area (Å²) in [6.07, 6.45) is 0.966. The number of hydrogen-bond donors (Lipinski definition) is 2. The van der Waals surface area contributed by atoms with Gasteiger partial charge in [-0.15, -0.1) is 0 Å². The third-order valence-corrected chi connectivity index (χ3v) is 3.37. The topological polar surface area (TPSA) is 79.5 Å². The monoisotopic (exact) mass is 375 g/mol. The van der Waals surface area contributed by atoms with Crippen LogP contribution in [0.2, 0.25) is 0 Å². The van der Waals surface area contributed by atoms with Crippen LogP contribution < -0.4 is 5.32 Å². The number of hydrogen-bond acceptors (Lipinski definition) is 3. The lowest BCUT2D eigenvalue weighted by Gasteiger charge is -2.05. The summed E-state index contributed by atoms with van der Waals surface area (Å²) >= 11 is 1.76. The molecule has 0 spiro atoms. The first-order valence-electron chi connectivity index (χ1n) is 5.06. The summed E-state index contributed by atoms with van der Waals surface area (Å²) < 4.78 is 18.4. The van der Waals surface area contributed by atoms with E-state index < -0.39 is 17.7 Å². The van der Waals surface area contributed by atoms with Crippen molar-refractivity contribution in [3.8, 4) is 0 Å². The van der Waals surface area contributed by atoms with E-state index in [2.05, 4.69) is 5.32 Å². The molecule has 0 unspecified atom stereocenters. The summed E-state index contributed by atoms with van der Waals surface area (Å²) in [7, 11) is 0. The Morgan fingerprint density at radius 3 is 2.74 bits per heavy atom. The molecule has 5 nitrogen and oxygen atoms in total. The van der Waals surface area contributed by atoms with E-state index in [4.69, 9.17) is 9.52 Å². The number of carboxylic acid groups (broad SMARTS) is 1. The molecule has 1 aromatic heterocycles. The van der Waals surface area contributed by atoms with Crippen molar-refractivity contribution in [3.63, 3.8) is 0 Å². The fourth-order valence-corrected chi connectivity index (χ4v) is 1.85. The van der Waals surface area contributed by atoms with Crippen molar-refractivity contribution in [2.45, 2.75) is 0 Å². The summed E-state index contributed by atoms with van der Waals surface area (Å²) in [5.74, 6) is -2.44. The molecule has 0 aliphatic heterocycles. The SMILES string of the molecule is O=C(O)c1coc(C(=O)Nc2cccc(F)c2I)c1. The van der Waals surface area contributed by atoms with Crippen LogP contribution in [0.5, 0.6) is 0 Å². The van der Waals surface area contributed by atoms with E-state index in [9.17, 15) is 14.0 Å². The second kappa shape index (κ2) is 5.39. The Morgan fingerprint density at radius 1 is 1.37 bits per heavy atom. The lowest BCUT2D eigenvalue weighted by Crippen LogP contribution is -2.12. The number of anilines is 1. The quantitative estimate of drug-likeness (QED) is 0.809. The van der Waals surface area contributed by atoms with E-state index >= 15 is 0 Å². The van der Waals surface area contributed by atoms with Gasteiger partial charge in [0.1, 0.15) is 12.1 Å². The van der Waals surface area contributed by atoms with Gasteiger partial charge in [0.25, 0.3) is 5.91 Å². The van der Waals surface area contributed by atoms with Crippen molar-refractivity contribution in [2.24, 2.45) is 0 Å². The molecule has 0 fully saturated rings. The third kappa shape index (κ3) is 2.92. The Morgan fingerprint density at radius 2 is 2.11 bits per heavy atom. The molecule has 0 bridgehead atoms. The van der Waals surface area contributed by atoms with E-state index in [0.29, 0.717) is 5.69 Å². The number of benzene rings is 1. The number of furan rings is 1. The summed E-state index contributed by atoms with van der Waals surface area (Å²) in [4.78, 5) is 22.4. The molecule has 1 aromatic carbocycles. The zero-order valence-electron chi connectivity index (χ0n) is 9.31. The van der Waals surface area contributed by atoms with Crippen molar-refractivity contribution < 1.29 is 23.5 Å². The minimum atomic E-state index is -1.19. The molecule has 7 heteroatoms. The van der Waals surface area contributed by atoms with Crippen LogP contribution in [0.25, 0.3) is 0 Å². The molecule has 0 radical (unpaired) electrons. The molecule has 2 rings (SSSR count). The zero-order valence-corrected chi connectivity index (χ0v) is 11.5. The Bertz CT molecular complexity index is 653. The molecule has 0 saturated carbocycles. The summed E-state index contributed by atoms with van der Waals surface area (Å²) in [5, 5.41) is 11.2. The van der Waals surface area contributed by atoms with Gasteiger partial charge in [-0.2, -0.15) is 0 Å². The van der Waals surface area contributed by atoms with E-state index in [-0.39, 0.29) is 14.9 Å². The number of carbonyl (C=O) groups excluding carboxylic acids is 1. The Hall–Kier alpha value is -1.90. The van der Waals surface area contributed by atoms with Gasteiger partial charge in [0.15, 0.2) is 5.76 Å². The summed E-state index contributed by atoms with van der Waals surface area (Å²) in [6, 6.07) is 5.36. The molecule has 19 heavy (non-hydrogen) atoms. The lowest BCUT2D eigenvalue weighted by atomic mass is 10.3. The van der Waals surface area contributed by atoms with Gasteiger partial charge in [-0.3, -0.25) is 4.79 Å². The number of aromatic carboxylic acids is 1. The predicted molar refractivity (Wildman–Crippen MR) is 72.7 cm³/mol. The van der Waals surface area contributed by atoms with E-state index in [1.165, 1.54) is 18.2 Å². The van der Waals surface area contributed by atoms with Crippen LogP contribution in [-0.4, -0.2) is 17.0 Å². The number of nitrogens with one attached hydrogen (secondary N) is 1. The number of halogens is 2. The first-order chi connectivity index (χ1) is 8.99.